The zero-order valence-electron chi connectivity index (χ0n) is 18.8. The maximum Gasteiger partial charge on any atom is 0.262 e. The summed E-state index contributed by atoms with van der Waals surface area (Å²) in [4.78, 5) is 17.3. The SMILES string of the molecule is CC(C)c1ccc2oc(-c3ccc(Cl)c(NC(=O)COc4cccc5ccccc45)c3)nc2c1. The summed E-state index contributed by atoms with van der Waals surface area (Å²) in [6.07, 6.45) is 0. The predicted octanol–water partition coefficient (Wildman–Crippen LogP) is 7.44. The van der Waals surface area contributed by atoms with Crippen LogP contribution in [0.15, 0.2) is 83.3 Å². The van der Waals surface area contributed by atoms with Crippen LogP contribution in [-0.4, -0.2) is 17.5 Å². The van der Waals surface area contributed by atoms with Crippen LogP contribution in [0.4, 0.5) is 5.69 Å². The molecule has 0 aliphatic carbocycles. The smallest absolute Gasteiger partial charge is 0.262 e. The van der Waals surface area contributed by atoms with Crippen molar-refractivity contribution in [2.45, 2.75) is 19.8 Å². The Morgan fingerprint density at radius 1 is 1.03 bits per heavy atom. The number of ether oxygens (including phenoxy) is 1. The number of amides is 1. The third-order valence-electron chi connectivity index (χ3n) is 5.67. The Hall–Kier alpha value is -3.83. The second kappa shape index (κ2) is 9.20. The van der Waals surface area contributed by atoms with Crippen LogP contribution >= 0.6 is 11.6 Å². The first kappa shape index (κ1) is 22.0. The fourth-order valence-corrected chi connectivity index (χ4v) is 4.00. The standard InChI is InChI=1S/C28H23ClN2O3/c1-17(2)19-11-13-26-24(14-19)31-28(34-26)20-10-12-22(29)23(15-20)30-27(32)16-33-25-9-5-7-18-6-3-4-8-21(18)25/h3-15,17H,16H2,1-2H3,(H,30,32). The van der Waals surface area contributed by atoms with E-state index in [9.17, 15) is 4.79 Å². The van der Waals surface area contributed by atoms with Gasteiger partial charge < -0.3 is 14.5 Å². The van der Waals surface area contributed by atoms with Crippen molar-refractivity contribution < 1.29 is 13.9 Å². The van der Waals surface area contributed by atoms with Gasteiger partial charge in [0.1, 0.15) is 11.3 Å². The largest absolute Gasteiger partial charge is 0.483 e. The lowest BCUT2D eigenvalue weighted by molar-refractivity contribution is -0.118. The first-order chi connectivity index (χ1) is 16.5. The molecule has 0 bridgehead atoms. The molecule has 1 amide bonds. The quantitative estimate of drug-likeness (QED) is 0.280. The molecule has 5 nitrogen and oxygen atoms in total. The van der Waals surface area contributed by atoms with Gasteiger partial charge in [-0.05, 0) is 53.3 Å². The Kier molecular flexibility index (Phi) is 5.95. The maximum atomic E-state index is 12.6. The first-order valence-corrected chi connectivity index (χ1v) is 11.5. The second-order valence-corrected chi connectivity index (χ2v) is 8.82. The van der Waals surface area contributed by atoms with Crippen LogP contribution in [0.25, 0.3) is 33.3 Å². The monoisotopic (exact) mass is 470 g/mol. The highest BCUT2D eigenvalue weighted by molar-refractivity contribution is 6.33. The van der Waals surface area contributed by atoms with E-state index in [0.717, 1.165) is 21.9 Å². The third-order valence-corrected chi connectivity index (χ3v) is 6.00. The van der Waals surface area contributed by atoms with E-state index in [4.69, 9.17) is 20.8 Å². The van der Waals surface area contributed by atoms with Crippen molar-refractivity contribution in [3.63, 3.8) is 0 Å². The minimum atomic E-state index is -0.314. The number of carbonyl (C=O) groups excluding carboxylic acids is 1. The molecule has 170 valence electrons. The van der Waals surface area contributed by atoms with Crippen LogP contribution in [0.3, 0.4) is 0 Å². The van der Waals surface area contributed by atoms with E-state index in [1.54, 1.807) is 12.1 Å². The molecule has 0 aliphatic rings. The zero-order valence-corrected chi connectivity index (χ0v) is 19.6. The van der Waals surface area contributed by atoms with E-state index >= 15 is 0 Å². The number of halogens is 1. The molecule has 5 rings (SSSR count). The van der Waals surface area contributed by atoms with Crippen LogP contribution < -0.4 is 10.1 Å². The van der Waals surface area contributed by atoms with Crippen LogP contribution in [0, 0.1) is 0 Å². The summed E-state index contributed by atoms with van der Waals surface area (Å²) in [5.74, 6) is 1.21. The Labute approximate surface area is 202 Å². The molecule has 0 aliphatic heterocycles. The molecule has 0 radical (unpaired) electrons. The Bertz CT molecular complexity index is 1500. The zero-order chi connectivity index (χ0) is 23.7. The van der Waals surface area contributed by atoms with Crippen molar-refractivity contribution in [2.75, 3.05) is 11.9 Å². The topological polar surface area (TPSA) is 64.4 Å². The van der Waals surface area contributed by atoms with Crippen molar-refractivity contribution >= 4 is 45.1 Å². The number of nitrogens with zero attached hydrogens (tertiary/aromatic N) is 1. The first-order valence-electron chi connectivity index (χ1n) is 11.1. The van der Waals surface area contributed by atoms with E-state index in [-0.39, 0.29) is 12.5 Å². The van der Waals surface area contributed by atoms with Gasteiger partial charge in [0.25, 0.3) is 5.91 Å². The predicted molar refractivity (Wildman–Crippen MR) is 137 cm³/mol. The minimum Gasteiger partial charge on any atom is -0.483 e. The molecule has 0 spiro atoms. The summed E-state index contributed by atoms with van der Waals surface area (Å²) in [6.45, 7) is 4.13. The molecule has 0 saturated carbocycles. The second-order valence-electron chi connectivity index (χ2n) is 8.41. The molecule has 5 aromatic rings. The average Bonchev–Trinajstić information content (AvgIpc) is 3.27. The van der Waals surface area contributed by atoms with Crippen molar-refractivity contribution in [3.05, 3.63) is 89.4 Å². The van der Waals surface area contributed by atoms with E-state index in [1.165, 1.54) is 5.56 Å². The molecule has 0 unspecified atom stereocenters. The highest BCUT2D eigenvalue weighted by atomic mass is 35.5. The fraction of sp³-hybridized carbons (Fsp3) is 0.143. The van der Waals surface area contributed by atoms with E-state index in [0.29, 0.717) is 33.9 Å². The number of oxazole rings is 1. The number of hydrogen-bond acceptors (Lipinski definition) is 4. The Morgan fingerprint density at radius 2 is 1.85 bits per heavy atom. The number of hydrogen-bond donors (Lipinski definition) is 1. The lowest BCUT2D eigenvalue weighted by atomic mass is 10.0. The molecule has 34 heavy (non-hydrogen) atoms. The van der Waals surface area contributed by atoms with Gasteiger partial charge in [0.05, 0.1) is 10.7 Å². The normalized spacial score (nSPS) is 11.3. The highest BCUT2D eigenvalue weighted by Crippen LogP contribution is 2.31. The van der Waals surface area contributed by atoms with Gasteiger partial charge in [-0.25, -0.2) is 4.98 Å². The van der Waals surface area contributed by atoms with E-state index in [1.807, 2.05) is 66.7 Å². The van der Waals surface area contributed by atoms with Crippen molar-refractivity contribution in [1.82, 2.24) is 4.98 Å². The van der Waals surface area contributed by atoms with E-state index < -0.39 is 0 Å². The number of carbonyl (C=O) groups is 1. The summed E-state index contributed by atoms with van der Waals surface area (Å²) in [7, 11) is 0. The van der Waals surface area contributed by atoms with Crippen LogP contribution in [0.5, 0.6) is 5.75 Å². The molecule has 0 saturated heterocycles. The molecule has 0 atom stereocenters. The van der Waals surface area contributed by atoms with E-state index in [2.05, 4.69) is 24.1 Å². The fourth-order valence-electron chi connectivity index (χ4n) is 3.83. The minimum absolute atomic E-state index is 0.143. The third kappa shape index (κ3) is 4.47. The lowest BCUT2D eigenvalue weighted by Gasteiger charge is -2.11. The van der Waals surface area contributed by atoms with Gasteiger partial charge in [0.15, 0.2) is 12.2 Å². The van der Waals surface area contributed by atoms with Crippen LogP contribution in [0.1, 0.15) is 25.3 Å². The summed E-state index contributed by atoms with van der Waals surface area (Å²) in [6, 6.07) is 24.9. The molecular weight excluding hydrogens is 448 g/mol. The van der Waals surface area contributed by atoms with Gasteiger partial charge >= 0.3 is 0 Å². The molecule has 1 N–H and O–H groups in total. The number of benzene rings is 4. The average molecular weight is 471 g/mol. The highest BCUT2D eigenvalue weighted by Gasteiger charge is 2.14. The lowest BCUT2D eigenvalue weighted by Crippen LogP contribution is -2.20. The van der Waals surface area contributed by atoms with Crippen LogP contribution in [0.2, 0.25) is 5.02 Å². The summed E-state index contributed by atoms with van der Waals surface area (Å²) >= 11 is 6.35. The molecule has 1 aromatic heterocycles. The molecule has 6 heteroatoms. The maximum absolute atomic E-state index is 12.6. The summed E-state index contributed by atoms with van der Waals surface area (Å²) in [5.41, 5.74) is 3.89. The van der Waals surface area contributed by atoms with Gasteiger partial charge in [0, 0.05) is 10.9 Å². The van der Waals surface area contributed by atoms with Gasteiger partial charge in [-0.1, -0.05) is 67.9 Å². The Balaban J connectivity index is 1.33. The van der Waals surface area contributed by atoms with Gasteiger partial charge in [-0.2, -0.15) is 0 Å². The Morgan fingerprint density at radius 3 is 2.71 bits per heavy atom. The van der Waals surface area contributed by atoms with Crippen molar-refractivity contribution in [1.29, 1.82) is 0 Å². The number of fused-ring (bicyclic) bond motifs is 2. The van der Waals surface area contributed by atoms with Crippen molar-refractivity contribution in [3.8, 4) is 17.2 Å². The summed E-state index contributed by atoms with van der Waals surface area (Å²) < 4.78 is 11.7. The number of nitrogens with one attached hydrogen (secondary N) is 1. The molecule has 0 fully saturated rings. The number of anilines is 1. The molecule has 1 heterocycles. The number of rotatable bonds is 6. The molecular formula is C28H23ClN2O3. The molecule has 4 aromatic carbocycles. The van der Waals surface area contributed by atoms with Gasteiger partial charge in [-0.15, -0.1) is 0 Å². The van der Waals surface area contributed by atoms with Gasteiger partial charge in [-0.3, -0.25) is 4.79 Å². The van der Waals surface area contributed by atoms with Gasteiger partial charge in [0.2, 0.25) is 5.89 Å². The van der Waals surface area contributed by atoms with Crippen molar-refractivity contribution in [2.24, 2.45) is 0 Å². The summed E-state index contributed by atoms with van der Waals surface area (Å²) in [5, 5.41) is 5.25. The number of aromatic nitrogens is 1. The van der Waals surface area contributed by atoms with Crippen LogP contribution in [-0.2, 0) is 4.79 Å².